The summed E-state index contributed by atoms with van der Waals surface area (Å²) in [6.45, 7) is 8.60. The lowest BCUT2D eigenvalue weighted by molar-refractivity contribution is -0.139. The molecular formula is C13H25NO5S. The number of esters is 1. The minimum atomic E-state index is -3.92. The molecule has 0 rings (SSSR count). The van der Waals surface area contributed by atoms with Crippen LogP contribution in [0.3, 0.4) is 0 Å². The minimum absolute atomic E-state index is 0.281. The van der Waals surface area contributed by atoms with Crippen LogP contribution in [0.4, 0.5) is 0 Å². The van der Waals surface area contributed by atoms with E-state index < -0.39 is 10.1 Å². The monoisotopic (exact) mass is 307 g/mol. The highest BCUT2D eigenvalue weighted by atomic mass is 32.2. The van der Waals surface area contributed by atoms with E-state index in [4.69, 9.17) is 9.29 Å². The van der Waals surface area contributed by atoms with E-state index in [1.165, 1.54) is 0 Å². The highest BCUT2D eigenvalue weighted by Gasteiger charge is 2.07. The third kappa shape index (κ3) is 9.94. The summed E-state index contributed by atoms with van der Waals surface area (Å²) in [7, 11) is -3.92. The summed E-state index contributed by atoms with van der Waals surface area (Å²) in [6, 6.07) is 0. The lowest BCUT2D eigenvalue weighted by Crippen LogP contribution is -2.28. The second-order valence-corrected chi connectivity index (χ2v) is 6.05. The van der Waals surface area contributed by atoms with E-state index in [0.29, 0.717) is 25.1 Å². The Balaban J connectivity index is 3.96. The van der Waals surface area contributed by atoms with Crippen molar-refractivity contribution in [3.05, 3.63) is 11.6 Å². The van der Waals surface area contributed by atoms with E-state index in [2.05, 4.69) is 4.90 Å². The Bertz CT molecular complexity index is 412. The van der Waals surface area contributed by atoms with E-state index in [-0.39, 0.29) is 18.1 Å². The number of nitrogens with zero attached hydrogens (tertiary/aromatic N) is 1. The van der Waals surface area contributed by atoms with Crippen LogP contribution >= 0.6 is 0 Å². The Kier molecular flexibility index (Phi) is 9.45. The first-order chi connectivity index (χ1) is 9.30. The van der Waals surface area contributed by atoms with Crippen molar-refractivity contribution in [2.24, 2.45) is 0 Å². The van der Waals surface area contributed by atoms with Crippen LogP contribution in [0.25, 0.3) is 0 Å². The Morgan fingerprint density at radius 3 is 2.40 bits per heavy atom. The number of ether oxygens (including phenoxy) is 1. The number of hydrogen-bond acceptors (Lipinski definition) is 5. The van der Waals surface area contributed by atoms with Gasteiger partial charge in [0.2, 0.25) is 0 Å². The number of carbonyl (C=O) groups excluding carboxylic acids is 1. The predicted octanol–water partition coefficient (Wildman–Crippen LogP) is 1.49. The van der Waals surface area contributed by atoms with Gasteiger partial charge in [0.05, 0.1) is 5.75 Å². The number of carbonyl (C=O) groups is 1. The number of allylic oxidation sites excluding steroid dienone is 1. The van der Waals surface area contributed by atoms with Gasteiger partial charge in [0, 0.05) is 12.1 Å². The van der Waals surface area contributed by atoms with Crippen molar-refractivity contribution in [2.45, 2.75) is 33.6 Å². The number of hydrogen-bond donors (Lipinski definition) is 1. The Morgan fingerprint density at radius 1 is 1.30 bits per heavy atom. The molecule has 118 valence electrons. The molecule has 0 heterocycles. The molecule has 6 nitrogen and oxygen atoms in total. The van der Waals surface area contributed by atoms with Crippen molar-refractivity contribution in [3.8, 4) is 0 Å². The Hall–Kier alpha value is -0.920. The molecule has 0 atom stereocenters. The molecule has 20 heavy (non-hydrogen) atoms. The molecule has 0 radical (unpaired) electrons. The molecule has 0 aliphatic heterocycles. The van der Waals surface area contributed by atoms with Crippen molar-refractivity contribution in [3.63, 3.8) is 0 Å². The summed E-state index contributed by atoms with van der Waals surface area (Å²) in [5, 5.41) is 0. The average molecular weight is 307 g/mol. The fraction of sp³-hybridized carbons (Fsp3) is 0.769. The number of unbranched alkanes of at least 4 members (excludes halogenated alkanes) is 1. The SMILES string of the molecule is CCN(CC)CCOC(=O)C(C)=CCCCS(=O)(=O)O. The summed E-state index contributed by atoms with van der Waals surface area (Å²) in [6.07, 6.45) is 2.32. The van der Waals surface area contributed by atoms with E-state index in [0.717, 1.165) is 13.1 Å². The summed E-state index contributed by atoms with van der Waals surface area (Å²) >= 11 is 0. The van der Waals surface area contributed by atoms with E-state index >= 15 is 0 Å². The van der Waals surface area contributed by atoms with Gasteiger partial charge >= 0.3 is 5.97 Å². The second-order valence-electron chi connectivity index (χ2n) is 4.48. The molecule has 0 fully saturated rings. The maximum atomic E-state index is 11.6. The van der Waals surface area contributed by atoms with Crippen LogP contribution in [0.15, 0.2) is 11.6 Å². The largest absolute Gasteiger partial charge is 0.461 e. The third-order valence-corrected chi connectivity index (χ3v) is 3.72. The molecular weight excluding hydrogens is 282 g/mol. The van der Waals surface area contributed by atoms with Crippen LogP contribution in [0.1, 0.15) is 33.6 Å². The predicted molar refractivity (Wildman–Crippen MR) is 78.2 cm³/mol. The number of likely N-dealkylation sites (N-methyl/N-ethyl adjacent to an activating group) is 1. The van der Waals surface area contributed by atoms with Gasteiger partial charge in [0.25, 0.3) is 10.1 Å². The van der Waals surface area contributed by atoms with Gasteiger partial charge in [0.1, 0.15) is 6.61 Å². The normalized spacial score (nSPS) is 12.8. The maximum absolute atomic E-state index is 11.6. The minimum Gasteiger partial charge on any atom is -0.461 e. The molecule has 0 saturated heterocycles. The van der Waals surface area contributed by atoms with Crippen LogP contribution < -0.4 is 0 Å². The third-order valence-electron chi connectivity index (χ3n) is 2.91. The number of rotatable bonds is 10. The van der Waals surface area contributed by atoms with Crippen molar-refractivity contribution < 1.29 is 22.5 Å². The fourth-order valence-corrected chi connectivity index (χ4v) is 2.12. The average Bonchev–Trinajstić information content (AvgIpc) is 2.38. The van der Waals surface area contributed by atoms with Gasteiger partial charge in [-0.3, -0.25) is 4.55 Å². The van der Waals surface area contributed by atoms with Crippen LogP contribution in [0.2, 0.25) is 0 Å². The van der Waals surface area contributed by atoms with Gasteiger partial charge < -0.3 is 9.64 Å². The molecule has 0 aromatic carbocycles. The summed E-state index contributed by atoms with van der Waals surface area (Å²) in [5.41, 5.74) is 0.458. The van der Waals surface area contributed by atoms with Gasteiger partial charge in [-0.15, -0.1) is 0 Å². The van der Waals surface area contributed by atoms with Crippen LogP contribution in [0, 0.1) is 0 Å². The van der Waals surface area contributed by atoms with Crippen molar-refractivity contribution in [1.82, 2.24) is 4.90 Å². The summed E-state index contributed by atoms with van der Waals surface area (Å²) in [5.74, 6) is -0.683. The summed E-state index contributed by atoms with van der Waals surface area (Å²) in [4.78, 5) is 13.8. The van der Waals surface area contributed by atoms with E-state index in [1.54, 1.807) is 13.0 Å². The molecule has 0 aliphatic carbocycles. The summed E-state index contributed by atoms with van der Waals surface area (Å²) < 4.78 is 34.7. The zero-order chi connectivity index (χ0) is 15.6. The first-order valence-corrected chi connectivity index (χ1v) is 8.42. The van der Waals surface area contributed by atoms with Gasteiger partial charge in [-0.2, -0.15) is 8.42 Å². The highest BCUT2D eigenvalue weighted by molar-refractivity contribution is 7.85. The zero-order valence-electron chi connectivity index (χ0n) is 12.5. The van der Waals surface area contributed by atoms with Gasteiger partial charge in [0.15, 0.2) is 0 Å². The molecule has 0 saturated carbocycles. The van der Waals surface area contributed by atoms with Gasteiger partial charge in [-0.25, -0.2) is 4.79 Å². The van der Waals surface area contributed by atoms with E-state index in [9.17, 15) is 13.2 Å². The molecule has 0 aromatic rings. The van der Waals surface area contributed by atoms with Crippen molar-refractivity contribution >= 4 is 16.1 Å². The van der Waals surface area contributed by atoms with Gasteiger partial charge in [-0.05, 0) is 32.9 Å². The lowest BCUT2D eigenvalue weighted by Gasteiger charge is -2.17. The molecule has 0 bridgehead atoms. The van der Waals surface area contributed by atoms with Crippen molar-refractivity contribution in [1.29, 1.82) is 0 Å². The molecule has 0 amide bonds. The molecule has 0 aromatic heterocycles. The lowest BCUT2D eigenvalue weighted by atomic mass is 10.2. The smallest absolute Gasteiger partial charge is 0.333 e. The second kappa shape index (κ2) is 9.90. The van der Waals surface area contributed by atoms with Crippen LogP contribution in [-0.4, -0.2) is 55.8 Å². The quantitative estimate of drug-likeness (QED) is 0.285. The zero-order valence-corrected chi connectivity index (χ0v) is 13.3. The van der Waals surface area contributed by atoms with Crippen LogP contribution in [-0.2, 0) is 19.6 Å². The van der Waals surface area contributed by atoms with Crippen LogP contribution in [0.5, 0.6) is 0 Å². The molecule has 0 spiro atoms. The fourth-order valence-electron chi connectivity index (χ4n) is 1.59. The molecule has 0 aliphatic rings. The van der Waals surface area contributed by atoms with Gasteiger partial charge in [-0.1, -0.05) is 19.9 Å². The topological polar surface area (TPSA) is 83.9 Å². The first-order valence-electron chi connectivity index (χ1n) is 6.81. The van der Waals surface area contributed by atoms with E-state index in [1.807, 2.05) is 13.8 Å². The highest BCUT2D eigenvalue weighted by Crippen LogP contribution is 2.03. The first kappa shape index (κ1) is 19.1. The molecule has 7 heteroatoms. The molecule has 0 unspecified atom stereocenters. The van der Waals surface area contributed by atoms with Crippen molar-refractivity contribution in [2.75, 3.05) is 32.0 Å². The Morgan fingerprint density at radius 2 is 1.90 bits per heavy atom. The molecule has 1 N–H and O–H groups in total. The standard InChI is InChI=1S/C13H25NO5S/c1-4-14(5-2)9-10-19-13(15)12(3)8-6-7-11-20(16,17)18/h8H,4-7,9-11H2,1-3H3,(H,16,17,18). The Labute approximate surface area is 121 Å². The maximum Gasteiger partial charge on any atom is 0.333 e.